The summed E-state index contributed by atoms with van der Waals surface area (Å²) in [6, 6.07) is 5.77. The van der Waals surface area contributed by atoms with Crippen molar-refractivity contribution < 1.29 is 9.84 Å². The van der Waals surface area contributed by atoms with Crippen LogP contribution in [0.5, 0.6) is 5.75 Å². The molecule has 0 saturated heterocycles. The molecule has 82 valence electrons. The van der Waals surface area contributed by atoms with Gasteiger partial charge in [0.1, 0.15) is 11.9 Å². The molecule has 2 atom stereocenters. The Morgan fingerprint density at radius 1 is 1.47 bits per heavy atom. The second-order valence-corrected chi connectivity index (χ2v) is 5.25. The Kier molecular flexibility index (Phi) is 3.03. The highest BCUT2D eigenvalue weighted by Gasteiger charge is 2.28. The SMILES string of the molecule is CC(C)C1C[C@@H](O)c2ccc(Br)cc2O1. The second-order valence-electron chi connectivity index (χ2n) is 4.33. The number of aliphatic hydroxyl groups excluding tert-OH is 1. The molecule has 0 spiro atoms. The fourth-order valence-corrected chi connectivity index (χ4v) is 2.19. The Balaban J connectivity index is 2.33. The Morgan fingerprint density at radius 3 is 2.87 bits per heavy atom. The van der Waals surface area contributed by atoms with E-state index in [1.165, 1.54) is 0 Å². The maximum atomic E-state index is 9.98. The van der Waals surface area contributed by atoms with Gasteiger partial charge >= 0.3 is 0 Å². The molecule has 2 nitrogen and oxygen atoms in total. The van der Waals surface area contributed by atoms with Crippen LogP contribution < -0.4 is 4.74 Å². The molecule has 0 amide bonds. The quantitative estimate of drug-likeness (QED) is 0.849. The lowest BCUT2D eigenvalue weighted by molar-refractivity contribution is 0.0426. The van der Waals surface area contributed by atoms with Crippen LogP contribution in [0, 0.1) is 5.92 Å². The third kappa shape index (κ3) is 2.18. The summed E-state index contributed by atoms with van der Waals surface area (Å²) in [5, 5.41) is 9.98. The van der Waals surface area contributed by atoms with E-state index in [0.717, 1.165) is 15.8 Å². The first-order chi connectivity index (χ1) is 7.08. The number of fused-ring (bicyclic) bond motifs is 1. The van der Waals surface area contributed by atoms with Gasteiger partial charge in [0.25, 0.3) is 0 Å². The minimum absolute atomic E-state index is 0.113. The van der Waals surface area contributed by atoms with E-state index in [-0.39, 0.29) is 6.10 Å². The van der Waals surface area contributed by atoms with Gasteiger partial charge in [-0.25, -0.2) is 0 Å². The number of hydrogen-bond acceptors (Lipinski definition) is 2. The zero-order valence-electron chi connectivity index (χ0n) is 8.90. The smallest absolute Gasteiger partial charge is 0.126 e. The topological polar surface area (TPSA) is 29.5 Å². The van der Waals surface area contributed by atoms with Gasteiger partial charge in [0.15, 0.2) is 0 Å². The van der Waals surface area contributed by atoms with Crippen molar-refractivity contribution in [2.45, 2.75) is 32.5 Å². The predicted octanol–water partition coefficient (Wildman–Crippen LogP) is 3.29. The fourth-order valence-electron chi connectivity index (χ4n) is 1.85. The molecule has 0 radical (unpaired) electrons. The highest BCUT2D eigenvalue weighted by atomic mass is 79.9. The average molecular weight is 271 g/mol. The Bertz CT molecular complexity index is 363. The van der Waals surface area contributed by atoms with E-state index in [1.807, 2.05) is 18.2 Å². The molecule has 1 heterocycles. The van der Waals surface area contributed by atoms with Crippen LogP contribution in [0.4, 0.5) is 0 Å². The zero-order valence-corrected chi connectivity index (χ0v) is 10.5. The van der Waals surface area contributed by atoms with Crippen molar-refractivity contribution >= 4 is 15.9 Å². The summed E-state index contributed by atoms with van der Waals surface area (Å²) in [5.74, 6) is 1.23. The number of benzene rings is 1. The van der Waals surface area contributed by atoms with Crippen LogP contribution in [0.1, 0.15) is 31.9 Å². The van der Waals surface area contributed by atoms with Gasteiger partial charge in [0.2, 0.25) is 0 Å². The number of aliphatic hydroxyl groups is 1. The number of ether oxygens (including phenoxy) is 1. The van der Waals surface area contributed by atoms with Crippen LogP contribution in [-0.4, -0.2) is 11.2 Å². The first kappa shape index (κ1) is 11.0. The van der Waals surface area contributed by atoms with Gasteiger partial charge in [-0.3, -0.25) is 0 Å². The lowest BCUT2D eigenvalue weighted by atomic mass is 9.93. The largest absolute Gasteiger partial charge is 0.490 e. The summed E-state index contributed by atoms with van der Waals surface area (Å²) < 4.78 is 6.84. The van der Waals surface area contributed by atoms with Gasteiger partial charge in [0, 0.05) is 16.5 Å². The molecule has 1 unspecified atom stereocenters. The zero-order chi connectivity index (χ0) is 11.0. The van der Waals surface area contributed by atoms with Crippen molar-refractivity contribution in [2.75, 3.05) is 0 Å². The average Bonchev–Trinajstić information content (AvgIpc) is 2.16. The van der Waals surface area contributed by atoms with Crippen molar-refractivity contribution in [1.82, 2.24) is 0 Å². The third-order valence-corrected chi connectivity index (χ3v) is 3.31. The molecule has 1 aliphatic rings. The van der Waals surface area contributed by atoms with Gasteiger partial charge < -0.3 is 9.84 Å². The molecule has 0 saturated carbocycles. The summed E-state index contributed by atoms with van der Waals surface area (Å²) in [4.78, 5) is 0. The summed E-state index contributed by atoms with van der Waals surface area (Å²) in [7, 11) is 0. The van der Waals surface area contributed by atoms with E-state index in [4.69, 9.17) is 4.74 Å². The van der Waals surface area contributed by atoms with Crippen molar-refractivity contribution in [3.63, 3.8) is 0 Å². The molecule has 2 rings (SSSR count). The first-order valence-electron chi connectivity index (χ1n) is 5.22. The molecule has 1 aromatic rings. The van der Waals surface area contributed by atoms with E-state index in [9.17, 15) is 5.11 Å². The van der Waals surface area contributed by atoms with E-state index < -0.39 is 6.10 Å². The Morgan fingerprint density at radius 2 is 2.20 bits per heavy atom. The second kappa shape index (κ2) is 4.14. The Hall–Kier alpha value is -0.540. The van der Waals surface area contributed by atoms with Gasteiger partial charge in [-0.1, -0.05) is 35.8 Å². The lowest BCUT2D eigenvalue weighted by Crippen LogP contribution is -2.30. The van der Waals surface area contributed by atoms with Crippen molar-refractivity contribution in [3.8, 4) is 5.75 Å². The number of rotatable bonds is 1. The third-order valence-electron chi connectivity index (χ3n) is 2.81. The molecule has 0 fully saturated rings. The summed E-state index contributed by atoms with van der Waals surface area (Å²) >= 11 is 3.41. The highest BCUT2D eigenvalue weighted by Crippen LogP contribution is 2.38. The standard InChI is InChI=1S/C12H15BrO2/c1-7(2)11-6-10(14)9-4-3-8(13)5-12(9)15-11/h3-5,7,10-11,14H,6H2,1-2H3/t10-,11?/m1/s1. The minimum Gasteiger partial charge on any atom is -0.490 e. The van der Waals surface area contributed by atoms with Gasteiger partial charge in [-0.15, -0.1) is 0 Å². The molecule has 3 heteroatoms. The normalized spacial score (nSPS) is 24.9. The molecule has 1 N–H and O–H groups in total. The molecule has 0 bridgehead atoms. The van der Waals surface area contributed by atoms with Crippen LogP contribution in [0.25, 0.3) is 0 Å². The van der Waals surface area contributed by atoms with Crippen LogP contribution in [0.3, 0.4) is 0 Å². The van der Waals surface area contributed by atoms with Gasteiger partial charge in [-0.05, 0) is 18.1 Å². The van der Waals surface area contributed by atoms with E-state index in [1.54, 1.807) is 0 Å². The van der Waals surface area contributed by atoms with Crippen molar-refractivity contribution in [1.29, 1.82) is 0 Å². The van der Waals surface area contributed by atoms with Crippen LogP contribution in [0.15, 0.2) is 22.7 Å². The highest BCUT2D eigenvalue weighted by molar-refractivity contribution is 9.10. The molecule has 1 aliphatic heterocycles. The molecular formula is C12H15BrO2. The fraction of sp³-hybridized carbons (Fsp3) is 0.500. The summed E-state index contributed by atoms with van der Waals surface area (Å²) in [6.45, 7) is 4.22. The van der Waals surface area contributed by atoms with Gasteiger partial charge in [0.05, 0.1) is 6.10 Å². The van der Waals surface area contributed by atoms with E-state index >= 15 is 0 Å². The molecule has 0 aromatic heterocycles. The monoisotopic (exact) mass is 270 g/mol. The maximum Gasteiger partial charge on any atom is 0.126 e. The Labute approximate surface area is 98.4 Å². The van der Waals surface area contributed by atoms with Crippen LogP contribution in [0.2, 0.25) is 0 Å². The predicted molar refractivity (Wildman–Crippen MR) is 63.0 cm³/mol. The van der Waals surface area contributed by atoms with Crippen molar-refractivity contribution in [3.05, 3.63) is 28.2 Å². The minimum atomic E-state index is -0.394. The molecule has 0 aliphatic carbocycles. The molecule has 15 heavy (non-hydrogen) atoms. The van der Waals surface area contributed by atoms with Crippen LogP contribution >= 0.6 is 15.9 Å². The first-order valence-corrected chi connectivity index (χ1v) is 6.01. The van der Waals surface area contributed by atoms with Gasteiger partial charge in [-0.2, -0.15) is 0 Å². The van der Waals surface area contributed by atoms with Crippen LogP contribution in [-0.2, 0) is 0 Å². The van der Waals surface area contributed by atoms with Crippen molar-refractivity contribution in [2.24, 2.45) is 5.92 Å². The van der Waals surface area contributed by atoms with E-state index in [0.29, 0.717) is 12.3 Å². The maximum absolute atomic E-state index is 9.98. The number of halogens is 1. The molecular weight excluding hydrogens is 256 g/mol. The lowest BCUT2D eigenvalue weighted by Gasteiger charge is -2.32. The molecule has 1 aromatic carbocycles. The van der Waals surface area contributed by atoms with E-state index in [2.05, 4.69) is 29.8 Å². The summed E-state index contributed by atoms with van der Waals surface area (Å²) in [6.07, 6.45) is 0.405. The summed E-state index contributed by atoms with van der Waals surface area (Å²) in [5.41, 5.74) is 0.898. The number of hydrogen-bond donors (Lipinski definition) is 1.